The molecule has 0 saturated carbocycles. The second kappa shape index (κ2) is 3.42. The van der Waals surface area contributed by atoms with Crippen LogP contribution in [0.2, 0.25) is 0 Å². The molecule has 0 fully saturated rings. The molecule has 0 saturated heterocycles. The van der Waals surface area contributed by atoms with Crippen molar-refractivity contribution in [2.45, 2.75) is 20.3 Å². The van der Waals surface area contributed by atoms with Gasteiger partial charge in [-0.05, 0) is 17.9 Å². The fraction of sp³-hybridized carbons (Fsp3) is 0.400. The van der Waals surface area contributed by atoms with Crippen LogP contribution in [0, 0.1) is 12.0 Å². The van der Waals surface area contributed by atoms with Gasteiger partial charge in [0.15, 0.2) is 0 Å². The number of para-hydroxylation sites is 1. The highest BCUT2D eigenvalue weighted by atomic mass is 16.3. The van der Waals surface area contributed by atoms with Crippen molar-refractivity contribution in [3.63, 3.8) is 0 Å². The summed E-state index contributed by atoms with van der Waals surface area (Å²) in [7, 11) is 0. The Morgan fingerprint density at radius 2 is 2.27 bits per heavy atom. The molecular weight excluding hydrogens is 136 g/mol. The minimum atomic E-state index is 0.293. The van der Waals surface area contributed by atoms with Crippen LogP contribution in [0.3, 0.4) is 0 Å². The average Bonchev–Trinajstić information content (AvgIpc) is 1.93. The van der Waals surface area contributed by atoms with Crippen molar-refractivity contribution >= 4 is 0 Å². The number of hydrogen-bond donors (Lipinski definition) is 1. The Morgan fingerprint density at radius 3 is 2.82 bits per heavy atom. The number of benzene rings is 1. The first-order chi connectivity index (χ1) is 5.20. The largest absolute Gasteiger partial charge is 0.507 e. The van der Waals surface area contributed by atoms with Crippen LogP contribution in [0.25, 0.3) is 0 Å². The first-order valence-electron chi connectivity index (χ1n) is 3.88. The third kappa shape index (κ3) is 2.26. The lowest BCUT2D eigenvalue weighted by molar-refractivity contribution is 0.461. The molecule has 0 heterocycles. The maximum absolute atomic E-state index is 9.30. The maximum Gasteiger partial charge on any atom is 0.126 e. The summed E-state index contributed by atoms with van der Waals surface area (Å²) in [6.07, 6.45) is 0.920. The normalized spacial score (nSPS) is 10.5. The molecule has 1 aromatic rings. The van der Waals surface area contributed by atoms with Crippen molar-refractivity contribution < 1.29 is 5.11 Å². The van der Waals surface area contributed by atoms with Crippen LogP contribution in [0.5, 0.6) is 5.75 Å². The summed E-state index contributed by atoms with van der Waals surface area (Å²) >= 11 is 0. The van der Waals surface area contributed by atoms with Crippen molar-refractivity contribution in [3.05, 3.63) is 29.8 Å². The second-order valence-corrected chi connectivity index (χ2v) is 3.14. The molecule has 0 amide bonds. The highest BCUT2D eigenvalue weighted by Crippen LogP contribution is 2.18. The van der Waals surface area contributed by atoms with Crippen LogP contribution < -0.4 is 0 Å². The van der Waals surface area contributed by atoms with E-state index in [1.807, 2.05) is 12.1 Å². The Hall–Kier alpha value is -0.980. The van der Waals surface area contributed by atoms with E-state index in [1.54, 1.807) is 6.07 Å². The Labute approximate surface area is 67.7 Å². The van der Waals surface area contributed by atoms with Crippen LogP contribution in [-0.4, -0.2) is 5.11 Å². The van der Waals surface area contributed by atoms with Gasteiger partial charge in [-0.15, -0.1) is 0 Å². The van der Waals surface area contributed by atoms with Crippen molar-refractivity contribution in [2.75, 3.05) is 0 Å². The molecule has 0 aliphatic carbocycles. The third-order valence-electron chi connectivity index (χ3n) is 1.55. The average molecular weight is 149 g/mol. The van der Waals surface area contributed by atoms with Gasteiger partial charge in [-0.25, -0.2) is 0 Å². The molecule has 11 heavy (non-hydrogen) atoms. The molecule has 1 N–H and O–H groups in total. The minimum Gasteiger partial charge on any atom is -0.507 e. The lowest BCUT2D eigenvalue weighted by Gasteiger charge is -2.05. The van der Waals surface area contributed by atoms with E-state index in [1.165, 1.54) is 0 Å². The SMILES string of the molecule is CC(C)Cc1ccc[c]c1O. The van der Waals surface area contributed by atoms with E-state index in [0.717, 1.165) is 12.0 Å². The molecule has 1 rings (SSSR count). The summed E-state index contributed by atoms with van der Waals surface area (Å²) in [6.45, 7) is 4.26. The first-order valence-corrected chi connectivity index (χ1v) is 3.88. The van der Waals surface area contributed by atoms with Crippen LogP contribution in [0.4, 0.5) is 0 Å². The summed E-state index contributed by atoms with van der Waals surface area (Å²) in [5.74, 6) is 0.873. The van der Waals surface area contributed by atoms with Gasteiger partial charge in [0.2, 0.25) is 0 Å². The summed E-state index contributed by atoms with van der Waals surface area (Å²) in [4.78, 5) is 0. The van der Waals surface area contributed by atoms with E-state index in [4.69, 9.17) is 0 Å². The Bertz CT molecular complexity index is 228. The van der Waals surface area contributed by atoms with Gasteiger partial charge in [-0.3, -0.25) is 0 Å². The molecule has 0 bridgehead atoms. The van der Waals surface area contributed by atoms with E-state index < -0.39 is 0 Å². The molecule has 1 radical (unpaired) electrons. The molecule has 1 heteroatoms. The van der Waals surface area contributed by atoms with Gasteiger partial charge in [-0.2, -0.15) is 0 Å². The highest BCUT2D eigenvalue weighted by molar-refractivity contribution is 5.30. The molecule has 0 spiro atoms. The zero-order valence-electron chi connectivity index (χ0n) is 6.96. The van der Waals surface area contributed by atoms with Crippen LogP contribution in [-0.2, 0) is 6.42 Å². The topological polar surface area (TPSA) is 20.2 Å². The molecule has 1 aromatic carbocycles. The molecule has 0 aromatic heterocycles. The Kier molecular flexibility index (Phi) is 2.53. The van der Waals surface area contributed by atoms with E-state index in [-0.39, 0.29) is 0 Å². The Morgan fingerprint density at radius 1 is 1.55 bits per heavy atom. The number of hydrogen-bond acceptors (Lipinski definition) is 1. The van der Waals surface area contributed by atoms with Gasteiger partial charge < -0.3 is 5.11 Å². The molecular formula is C10H13O. The fourth-order valence-corrected chi connectivity index (χ4v) is 1.07. The smallest absolute Gasteiger partial charge is 0.126 e. The molecule has 0 atom stereocenters. The predicted molar refractivity (Wildman–Crippen MR) is 45.5 cm³/mol. The summed E-state index contributed by atoms with van der Waals surface area (Å²) in [5.41, 5.74) is 0.988. The fourth-order valence-electron chi connectivity index (χ4n) is 1.07. The van der Waals surface area contributed by atoms with Gasteiger partial charge in [0, 0.05) is 6.07 Å². The minimum absolute atomic E-state index is 0.293. The third-order valence-corrected chi connectivity index (χ3v) is 1.55. The monoisotopic (exact) mass is 149 g/mol. The molecule has 59 valence electrons. The van der Waals surface area contributed by atoms with Gasteiger partial charge in [0.1, 0.15) is 5.75 Å². The predicted octanol–water partition coefficient (Wildman–Crippen LogP) is 2.39. The molecule has 0 aliphatic heterocycles. The van der Waals surface area contributed by atoms with Crippen molar-refractivity contribution in [2.24, 2.45) is 5.92 Å². The van der Waals surface area contributed by atoms with Gasteiger partial charge in [-0.1, -0.05) is 32.0 Å². The molecule has 0 unspecified atom stereocenters. The van der Waals surface area contributed by atoms with Crippen molar-refractivity contribution in [1.82, 2.24) is 0 Å². The van der Waals surface area contributed by atoms with Crippen LogP contribution >= 0.6 is 0 Å². The second-order valence-electron chi connectivity index (χ2n) is 3.14. The van der Waals surface area contributed by atoms with E-state index in [2.05, 4.69) is 19.9 Å². The van der Waals surface area contributed by atoms with Crippen LogP contribution in [0.15, 0.2) is 18.2 Å². The van der Waals surface area contributed by atoms with E-state index >= 15 is 0 Å². The summed E-state index contributed by atoms with van der Waals surface area (Å²) in [6, 6.07) is 8.32. The molecule has 0 aliphatic rings. The van der Waals surface area contributed by atoms with Gasteiger partial charge >= 0.3 is 0 Å². The summed E-state index contributed by atoms with van der Waals surface area (Å²) in [5, 5.41) is 9.30. The molecule has 1 nitrogen and oxygen atoms in total. The first kappa shape index (κ1) is 8.12. The van der Waals surface area contributed by atoms with Gasteiger partial charge in [0.05, 0.1) is 0 Å². The standard InChI is InChI=1S/C10H13O/c1-8(2)7-9-5-3-4-6-10(9)11/h3-5,8,11H,7H2,1-2H3. The zero-order chi connectivity index (χ0) is 8.27. The van der Waals surface area contributed by atoms with Gasteiger partial charge in [0.25, 0.3) is 0 Å². The lowest BCUT2D eigenvalue weighted by atomic mass is 10.0. The lowest BCUT2D eigenvalue weighted by Crippen LogP contribution is -1.93. The quantitative estimate of drug-likeness (QED) is 0.684. The maximum atomic E-state index is 9.30. The number of rotatable bonds is 2. The highest BCUT2D eigenvalue weighted by Gasteiger charge is 2.01. The van der Waals surface area contributed by atoms with Crippen LogP contribution in [0.1, 0.15) is 19.4 Å². The van der Waals surface area contributed by atoms with E-state index in [9.17, 15) is 5.11 Å². The van der Waals surface area contributed by atoms with Crippen molar-refractivity contribution in [1.29, 1.82) is 0 Å². The number of phenolic OH excluding ortho intramolecular Hbond substituents is 1. The summed E-state index contributed by atoms with van der Waals surface area (Å²) < 4.78 is 0. The zero-order valence-corrected chi connectivity index (χ0v) is 6.96. The number of phenols is 1. The Balaban J connectivity index is 2.78. The van der Waals surface area contributed by atoms with E-state index in [0.29, 0.717) is 11.7 Å². The number of aromatic hydroxyl groups is 1. The van der Waals surface area contributed by atoms with Crippen molar-refractivity contribution in [3.8, 4) is 5.75 Å².